The molecule has 0 aliphatic heterocycles. The molecule has 7 heteroatoms. The summed E-state index contributed by atoms with van der Waals surface area (Å²) in [5.41, 5.74) is 4.39. The van der Waals surface area contributed by atoms with Crippen molar-refractivity contribution in [3.05, 3.63) is 59.7 Å². The Labute approximate surface area is 145 Å². The zero-order valence-electron chi connectivity index (χ0n) is 14.0. The van der Waals surface area contributed by atoms with Crippen molar-refractivity contribution in [2.24, 2.45) is 5.10 Å². The van der Waals surface area contributed by atoms with Gasteiger partial charge in [-0.05, 0) is 29.8 Å². The van der Waals surface area contributed by atoms with Crippen LogP contribution >= 0.6 is 0 Å². The van der Waals surface area contributed by atoms with Crippen LogP contribution in [0, 0.1) is 0 Å². The lowest BCUT2D eigenvalue weighted by molar-refractivity contribution is -0.119. The van der Waals surface area contributed by atoms with Crippen LogP contribution in [-0.2, 0) is 9.53 Å². The van der Waals surface area contributed by atoms with Crippen LogP contribution in [0.2, 0.25) is 0 Å². The van der Waals surface area contributed by atoms with Crippen LogP contribution in [0.3, 0.4) is 0 Å². The minimum atomic E-state index is -0.402. The van der Waals surface area contributed by atoms with E-state index in [9.17, 15) is 9.59 Å². The normalized spacial score (nSPS) is 10.3. The van der Waals surface area contributed by atoms with Crippen molar-refractivity contribution >= 4 is 23.8 Å². The number of rotatable bonds is 7. The third kappa shape index (κ3) is 5.65. The number of ether oxygens (including phenoxy) is 2. The second-order valence-electron chi connectivity index (χ2n) is 4.99. The van der Waals surface area contributed by atoms with Crippen molar-refractivity contribution in [3.8, 4) is 5.75 Å². The predicted octanol–water partition coefficient (Wildman–Crippen LogP) is 2.04. The summed E-state index contributed by atoms with van der Waals surface area (Å²) >= 11 is 0. The van der Waals surface area contributed by atoms with E-state index in [0.717, 1.165) is 11.3 Å². The Bertz CT molecular complexity index is 757. The molecule has 0 radical (unpaired) electrons. The van der Waals surface area contributed by atoms with Crippen molar-refractivity contribution in [1.82, 2.24) is 5.43 Å². The third-order valence-electron chi connectivity index (χ3n) is 3.26. The molecule has 7 nitrogen and oxygen atoms in total. The SMILES string of the molecule is COC(=O)c1ccc(/C=N\NC(=O)CNc2cccc(OC)c2)cc1. The molecular formula is C18H19N3O4. The molecule has 2 aromatic carbocycles. The first-order chi connectivity index (χ1) is 12.1. The minimum Gasteiger partial charge on any atom is -0.497 e. The molecule has 0 bridgehead atoms. The van der Waals surface area contributed by atoms with E-state index in [0.29, 0.717) is 11.3 Å². The standard InChI is InChI=1S/C18H19N3O4/c1-24-16-5-3-4-15(10-16)19-12-17(22)21-20-11-13-6-8-14(9-7-13)18(23)25-2/h3-11,19H,12H2,1-2H3,(H,21,22)/b20-11-. The number of hydrogen-bond donors (Lipinski definition) is 2. The van der Waals surface area contributed by atoms with Gasteiger partial charge in [0.25, 0.3) is 5.91 Å². The van der Waals surface area contributed by atoms with Gasteiger partial charge in [-0.3, -0.25) is 4.79 Å². The Morgan fingerprint density at radius 2 is 1.88 bits per heavy atom. The molecule has 0 fully saturated rings. The highest BCUT2D eigenvalue weighted by Gasteiger charge is 2.03. The fourth-order valence-corrected chi connectivity index (χ4v) is 1.96. The van der Waals surface area contributed by atoms with Gasteiger partial charge in [0.1, 0.15) is 5.75 Å². The number of benzene rings is 2. The number of carbonyl (C=O) groups is 2. The number of hydrazone groups is 1. The van der Waals surface area contributed by atoms with E-state index in [4.69, 9.17) is 4.74 Å². The quantitative estimate of drug-likeness (QED) is 0.457. The maximum atomic E-state index is 11.8. The van der Waals surface area contributed by atoms with Gasteiger partial charge in [0.2, 0.25) is 0 Å². The molecule has 2 N–H and O–H groups in total. The molecule has 0 saturated carbocycles. The molecule has 0 unspecified atom stereocenters. The Balaban J connectivity index is 1.80. The highest BCUT2D eigenvalue weighted by molar-refractivity contribution is 5.91. The van der Waals surface area contributed by atoms with Crippen molar-refractivity contribution in [2.75, 3.05) is 26.1 Å². The van der Waals surface area contributed by atoms with Crippen LogP contribution in [0.25, 0.3) is 0 Å². The van der Waals surface area contributed by atoms with E-state index >= 15 is 0 Å². The second-order valence-corrected chi connectivity index (χ2v) is 4.99. The predicted molar refractivity (Wildman–Crippen MR) is 95.0 cm³/mol. The fourth-order valence-electron chi connectivity index (χ4n) is 1.96. The number of anilines is 1. The lowest BCUT2D eigenvalue weighted by atomic mass is 10.1. The van der Waals surface area contributed by atoms with Crippen LogP contribution in [-0.4, -0.2) is 38.9 Å². The van der Waals surface area contributed by atoms with Crippen LogP contribution < -0.4 is 15.5 Å². The molecule has 1 amide bonds. The molecule has 0 aliphatic carbocycles. The second kappa shape index (κ2) is 9.07. The third-order valence-corrected chi connectivity index (χ3v) is 3.26. The highest BCUT2D eigenvalue weighted by Crippen LogP contribution is 2.16. The minimum absolute atomic E-state index is 0.0752. The number of methoxy groups -OCH3 is 2. The Kier molecular flexibility index (Phi) is 6.53. The van der Waals surface area contributed by atoms with E-state index in [2.05, 4.69) is 20.6 Å². The Hall–Kier alpha value is -3.35. The number of esters is 1. The molecule has 0 saturated heterocycles. The molecule has 130 valence electrons. The average molecular weight is 341 g/mol. The number of amides is 1. The van der Waals surface area contributed by atoms with Crippen molar-refractivity contribution in [2.45, 2.75) is 0 Å². The van der Waals surface area contributed by atoms with Crippen molar-refractivity contribution in [3.63, 3.8) is 0 Å². The van der Waals surface area contributed by atoms with E-state index in [1.54, 1.807) is 37.4 Å². The molecule has 0 aromatic heterocycles. The van der Waals surface area contributed by atoms with Crippen LogP contribution in [0.4, 0.5) is 5.69 Å². The molecule has 2 aromatic rings. The summed E-state index contributed by atoms with van der Waals surface area (Å²) < 4.78 is 9.74. The number of carbonyl (C=O) groups excluding carboxylic acids is 2. The largest absolute Gasteiger partial charge is 0.497 e. The fraction of sp³-hybridized carbons (Fsp3) is 0.167. The summed E-state index contributed by atoms with van der Waals surface area (Å²) in [7, 11) is 2.91. The van der Waals surface area contributed by atoms with Gasteiger partial charge in [0.05, 0.1) is 32.5 Å². The van der Waals surface area contributed by atoms with Crippen LogP contribution in [0.5, 0.6) is 5.75 Å². The van der Waals surface area contributed by atoms with E-state index in [-0.39, 0.29) is 12.5 Å². The lowest BCUT2D eigenvalue weighted by Gasteiger charge is -2.06. The summed E-state index contributed by atoms with van der Waals surface area (Å²) in [5.74, 6) is 0.0180. The average Bonchev–Trinajstić information content (AvgIpc) is 2.66. The first-order valence-electron chi connectivity index (χ1n) is 7.50. The van der Waals surface area contributed by atoms with E-state index in [1.165, 1.54) is 13.3 Å². The zero-order chi connectivity index (χ0) is 18.1. The van der Waals surface area contributed by atoms with Gasteiger partial charge in [-0.1, -0.05) is 18.2 Å². The van der Waals surface area contributed by atoms with E-state index < -0.39 is 5.97 Å². The smallest absolute Gasteiger partial charge is 0.337 e. The van der Waals surface area contributed by atoms with Gasteiger partial charge in [0, 0.05) is 11.8 Å². The number of nitrogens with zero attached hydrogens (tertiary/aromatic N) is 1. The van der Waals surface area contributed by atoms with Gasteiger partial charge in [-0.2, -0.15) is 5.10 Å². The van der Waals surface area contributed by atoms with Crippen molar-refractivity contribution < 1.29 is 19.1 Å². The van der Waals surface area contributed by atoms with Gasteiger partial charge < -0.3 is 14.8 Å². The van der Waals surface area contributed by atoms with Crippen LogP contribution in [0.1, 0.15) is 15.9 Å². The van der Waals surface area contributed by atoms with E-state index in [1.807, 2.05) is 18.2 Å². The molecule has 25 heavy (non-hydrogen) atoms. The molecule has 0 heterocycles. The number of hydrogen-bond acceptors (Lipinski definition) is 6. The maximum absolute atomic E-state index is 11.8. The van der Waals surface area contributed by atoms with Gasteiger partial charge in [0.15, 0.2) is 0 Å². The van der Waals surface area contributed by atoms with Crippen LogP contribution in [0.15, 0.2) is 53.6 Å². The lowest BCUT2D eigenvalue weighted by Crippen LogP contribution is -2.25. The van der Waals surface area contributed by atoms with Gasteiger partial charge in [-0.15, -0.1) is 0 Å². The molecule has 0 atom stereocenters. The van der Waals surface area contributed by atoms with Gasteiger partial charge in [-0.25, -0.2) is 10.2 Å². The number of nitrogens with one attached hydrogen (secondary N) is 2. The maximum Gasteiger partial charge on any atom is 0.337 e. The van der Waals surface area contributed by atoms with Gasteiger partial charge >= 0.3 is 5.97 Å². The summed E-state index contributed by atoms with van der Waals surface area (Å²) in [4.78, 5) is 23.1. The Morgan fingerprint density at radius 3 is 2.56 bits per heavy atom. The molecule has 2 rings (SSSR count). The summed E-state index contributed by atoms with van der Waals surface area (Å²) in [5, 5.41) is 6.85. The molecular weight excluding hydrogens is 322 g/mol. The topological polar surface area (TPSA) is 89.0 Å². The van der Waals surface area contributed by atoms with Crippen molar-refractivity contribution in [1.29, 1.82) is 0 Å². The monoisotopic (exact) mass is 341 g/mol. The summed E-state index contributed by atoms with van der Waals surface area (Å²) in [6.07, 6.45) is 1.49. The highest BCUT2D eigenvalue weighted by atomic mass is 16.5. The first kappa shape index (κ1) is 18.0. The summed E-state index contributed by atoms with van der Waals surface area (Å²) in [6.45, 7) is 0.0752. The first-order valence-corrected chi connectivity index (χ1v) is 7.50. The summed E-state index contributed by atoms with van der Waals surface area (Å²) in [6, 6.07) is 13.9. The molecule has 0 spiro atoms. The molecule has 0 aliphatic rings. The zero-order valence-corrected chi connectivity index (χ0v) is 14.0. The Morgan fingerprint density at radius 1 is 1.12 bits per heavy atom.